The van der Waals surface area contributed by atoms with Crippen LogP contribution in [0.3, 0.4) is 0 Å². The van der Waals surface area contributed by atoms with E-state index in [9.17, 15) is 4.79 Å². The van der Waals surface area contributed by atoms with Crippen LogP contribution >= 0.6 is 11.3 Å². The molecule has 4 heteroatoms. The van der Waals surface area contributed by atoms with Crippen molar-refractivity contribution in [2.45, 2.75) is 33.7 Å². The third-order valence-corrected chi connectivity index (χ3v) is 4.97. The molecule has 0 N–H and O–H groups in total. The lowest BCUT2D eigenvalue weighted by Crippen LogP contribution is -2.24. The van der Waals surface area contributed by atoms with Crippen molar-refractivity contribution >= 4 is 21.6 Å². The number of terminal acetylenes is 1. The molecule has 3 aromatic rings. The van der Waals surface area contributed by atoms with Gasteiger partial charge in [0.2, 0.25) is 0 Å². The van der Waals surface area contributed by atoms with Gasteiger partial charge in [-0.3, -0.25) is 9.36 Å². The number of nitrogens with zero attached hydrogens (tertiary/aromatic N) is 2. The van der Waals surface area contributed by atoms with Crippen molar-refractivity contribution in [3.63, 3.8) is 0 Å². The molecule has 1 aromatic carbocycles. The van der Waals surface area contributed by atoms with Crippen LogP contribution in [0.2, 0.25) is 0 Å². The average Bonchev–Trinajstić information content (AvgIpc) is 2.87. The van der Waals surface area contributed by atoms with Crippen molar-refractivity contribution in [1.29, 1.82) is 0 Å². The predicted molar refractivity (Wildman–Crippen MR) is 97.0 cm³/mol. The van der Waals surface area contributed by atoms with Crippen LogP contribution in [-0.2, 0) is 13.0 Å². The molecule has 116 valence electrons. The van der Waals surface area contributed by atoms with Crippen LogP contribution in [0.1, 0.15) is 23.2 Å². The van der Waals surface area contributed by atoms with Gasteiger partial charge in [-0.05, 0) is 19.4 Å². The summed E-state index contributed by atoms with van der Waals surface area (Å²) in [4.78, 5) is 19.6. The normalized spacial score (nSPS) is 10.9. The summed E-state index contributed by atoms with van der Waals surface area (Å²) in [5.41, 5.74) is 3.19. The van der Waals surface area contributed by atoms with Crippen molar-refractivity contribution in [1.82, 2.24) is 9.55 Å². The minimum Gasteiger partial charge on any atom is -0.284 e. The molecule has 0 spiro atoms. The molecule has 0 aliphatic rings. The van der Waals surface area contributed by atoms with Gasteiger partial charge in [0, 0.05) is 16.9 Å². The maximum atomic E-state index is 13.0. The maximum Gasteiger partial charge on any atom is 0.263 e. The third-order valence-electron chi connectivity index (χ3n) is 3.97. The van der Waals surface area contributed by atoms with E-state index in [0.717, 1.165) is 26.7 Å². The molecular formula is C19H18N2OS. The molecular weight excluding hydrogens is 304 g/mol. The van der Waals surface area contributed by atoms with Crippen LogP contribution in [0.5, 0.6) is 0 Å². The monoisotopic (exact) mass is 322 g/mol. The van der Waals surface area contributed by atoms with Crippen molar-refractivity contribution in [2.75, 3.05) is 0 Å². The van der Waals surface area contributed by atoms with Gasteiger partial charge in [-0.1, -0.05) is 42.7 Å². The Morgan fingerprint density at radius 2 is 1.96 bits per heavy atom. The van der Waals surface area contributed by atoms with Gasteiger partial charge in [-0.25, -0.2) is 4.98 Å². The summed E-state index contributed by atoms with van der Waals surface area (Å²) in [5.74, 6) is 3.31. The van der Waals surface area contributed by atoms with Gasteiger partial charge < -0.3 is 0 Å². The lowest BCUT2D eigenvalue weighted by atomic mass is 10.0. The first-order valence-electron chi connectivity index (χ1n) is 7.60. The maximum absolute atomic E-state index is 13.0. The number of thiophene rings is 1. The van der Waals surface area contributed by atoms with E-state index in [1.807, 2.05) is 13.8 Å². The Balaban J connectivity index is 2.38. The smallest absolute Gasteiger partial charge is 0.263 e. The van der Waals surface area contributed by atoms with Crippen LogP contribution < -0.4 is 5.56 Å². The molecule has 0 fully saturated rings. The summed E-state index contributed by atoms with van der Waals surface area (Å²) in [5, 5.41) is 0.684. The fourth-order valence-corrected chi connectivity index (χ4v) is 3.88. The van der Waals surface area contributed by atoms with Gasteiger partial charge in [0.25, 0.3) is 5.56 Å². The van der Waals surface area contributed by atoms with Gasteiger partial charge in [-0.15, -0.1) is 17.8 Å². The van der Waals surface area contributed by atoms with Gasteiger partial charge in [0.15, 0.2) is 0 Å². The number of rotatable bonds is 3. The molecule has 3 nitrogen and oxygen atoms in total. The molecule has 23 heavy (non-hydrogen) atoms. The van der Waals surface area contributed by atoms with Crippen molar-refractivity contribution in [2.24, 2.45) is 0 Å². The Hall–Kier alpha value is -2.38. The standard InChI is InChI=1S/C19H18N2OS/c1-5-11-21-15(6-2)20-18-17(19(21)22)16(13(4)23-18)14-9-7-12(3)8-10-14/h1,7-10H,6,11H2,2-4H3. The van der Waals surface area contributed by atoms with E-state index in [2.05, 4.69) is 42.1 Å². The van der Waals surface area contributed by atoms with Crippen LogP contribution in [0.4, 0.5) is 0 Å². The first-order chi connectivity index (χ1) is 11.1. The number of hydrogen-bond acceptors (Lipinski definition) is 3. The first kappa shape index (κ1) is 15.5. The Morgan fingerprint density at radius 1 is 1.26 bits per heavy atom. The topological polar surface area (TPSA) is 34.9 Å². The lowest BCUT2D eigenvalue weighted by molar-refractivity contribution is 0.712. The van der Waals surface area contributed by atoms with Crippen molar-refractivity contribution < 1.29 is 0 Å². The third kappa shape index (κ3) is 2.58. The zero-order chi connectivity index (χ0) is 16.6. The summed E-state index contributed by atoms with van der Waals surface area (Å²) in [6.45, 7) is 6.34. The van der Waals surface area contributed by atoms with E-state index in [1.165, 1.54) is 5.56 Å². The Labute approximate surface area is 139 Å². The molecule has 0 saturated heterocycles. The van der Waals surface area contributed by atoms with Crippen LogP contribution in [0.15, 0.2) is 29.1 Å². The Bertz CT molecular complexity index is 972. The number of benzene rings is 1. The highest BCUT2D eigenvalue weighted by Crippen LogP contribution is 2.35. The van der Waals surface area contributed by atoms with Crippen molar-refractivity contribution in [3.8, 4) is 23.5 Å². The average molecular weight is 322 g/mol. The molecule has 0 bridgehead atoms. The number of hydrogen-bond donors (Lipinski definition) is 0. The predicted octanol–water partition coefficient (Wildman–Crippen LogP) is 3.94. The second-order valence-electron chi connectivity index (χ2n) is 5.56. The molecule has 2 heterocycles. The van der Waals surface area contributed by atoms with Crippen LogP contribution in [0, 0.1) is 26.2 Å². The first-order valence-corrected chi connectivity index (χ1v) is 8.41. The molecule has 0 aliphatic carbocycles. The summed E-state index contributed by atoms with van der Waals surface area (Å²) in [6.07, 6.45) is 6.12. The number of fused-ring (bicyclic) bond motifs is 1. The van der Waals surface area contributed by atoms with E-state index < -0.39 is 0 Å². The Kier molecular flexibility index (Phi) is 4.06. The van der Waals surface area contributed by atoms with Gasteiger partial charge >= 0.3 is 0 Å². The molecule has 0 amide bonds. The molecule has 0 radical (unpaired) electrons. The minimum atomic E-state index is -0.0373. The SMILES string of the molecule is C#CCn1c(CC)nc2sc(C)c(-c3ccc(C)cc3)c2c1=O. The van der Waals surface area contributed by atoms with Crippen LogP contribution in [-0.4, -0.2) is 9.55 Å². The second-order valence-corrected chi connectivity index (χ2v) is 6.76. The minimum absolute atomic E-state index is 0.0373. The lowest BCUT2D eigenvalue weighted by Gasteiger charge is -2.09. The molecule has 0 saturated carbocycles. The van der Waals surface area contributed by atoms with Gasteiger partial charge in [0.05, 0.1) is 11.9 Å². The van der Waals surface area contributed by atoms with E-state index in [1.54, 1.807) is 15.9 Å². The molecule has 0 unspecified atom stereocenters. The summed E-state index contributed by atoms with van der Waals surface area (Å²) in [7, 11) is 0. The van der Waals surface area contributed by atoms with E-state index in [-0.39, 0.29) is 12.1 Å². The molecule has 3 rings (SSSR count). The Morgan fingerprint density at radius 3 is 2.57 bits per heavy atom. The number of aryl methyl sites for hydroxylation is 3. The summed E-state index contributed by atoms with van der Waals surface area (Å²) >= 11 is 1.57. The highest BCUT2D eigenvalue weighted by molar-refractivity contribution is 7.19. The van der Waals surface area contributed by atoms with E-state index >= 15 is 0 Å². The van der Waals surface area contributed by atoms with Crippen LogP contribution in [0.25, 0.3) is 21.3 Å². The summed E-state index contributed by atoms with van der Waals surface area (Å²) in [6, 6.07) is 8.24. The zero-order valence-corrected chi connectivity index (χ0v) is 14.3. The van der Waals surface area contributed by atoms with Crippen molar-refractivity contribution in [3.05, 3.63) is 50.9 Å². The highest BCUT2D eigenvalue weighted by Gasteiger charge is 2.18. The fraction of sp³-hybridized carbons (Fsp3) is 0.263. The number of aromatic nitrogens is 2. The zero-order valence-electron chi connectivity index (χ0n) is 13.5. The summed E-state index contributed by atoms with van der Waals surface area (Å²) < 4.78 is 1.62. The molecule has 2 aromatic heterocycles. The van der Waals surface area contributed by atoms with Gasteiger partial charge in [0.1, 0.15) is 10.7 Å². The van der Waals surface area contributed by atoms with Gasteiger partial charge in [-0.2, -0.15) is 0 Å². The molecule has 0 atom stereocenters. The second kappa shape index (κ2) is 6.02. The molecule has 0 aliphatic heterocycles. The quantitative estimate of drug-likeness (QED) is 0.685. The fourth-order valence-electron chi connectivity index (χ4n) is 2.83. The van der Waals surface area contributed by atoms with E-state index in [0.29, 0.717) is 11.8 Å². The largest absolute Gasteiger partial charge is 0.284 e. The van der Waals surface area contributed by atoms with E-state index in [4.69, 9.17) is 6.42 Å². The highest BCUT2D eigenvalue weighted by atomic mass is 32.1.